The van der Waals surface area contributed by atoms with Crippen LogP contribution in [0.3, 0.4) is 0 Å². The van der Waals surface area contributed by atoms with E-state index in [9.17, 15) is 9.90 Å². The van der Waals surface area contributed by atoms with Crippen molar-refractivity contribution in [3.05, 3.63) is 28.8 Å². The molecule has 1 aliphatic rings. The lowest BCUT2D eigenvalue weighted by Gasteiger charge is -2.34. The molecule has 0 bridgehead atoms. The van der Waals surface area contributed by atoms with Crippen LogP contribution >= 0.6 is 0 Å². The molecule has 0 spiro atoms. The van der Waals surface area contributed by atoms with Crippen molar-refractivity contribution in [1.82, 2.24) is 15.5 Å². The van der Waals surface area contributed by atoms with Crippen LogP contribution in [0.4, 0.5) is 0 Å². The molecule has 1 aromatic rings. The number of phenolic OH excluding ortho intramolecular Hbond substituents is 1. The molecule has 0 unspecified atom stereocenters. The van der Waals surface area contributed by atoms with Gasteiger partial charge in [0.1, 0.15) is 5.75 Å². The van der Waals surface area contributed by atoms with Crippen molar-refractivity contribution in [1.29, 1.82) is 0 Å². The summed E-state index contributed by atoms with van der Waals surface area (Å²) in [5.41, 5.74) is 2.87. The summed E-state index contributed by atoms with van der Waals surface area (Å²) in [6.07, 6.45) is 2.63. The van der Waals surface area contributed by atoms with E-state index in [2.05, 4.69) is 22.5 Å². The van der Waals surface area contributed by atoms with E-state index in [0.717, 1.165) is 55.1 Å². The first-order valence-corrected chi connectivity index (χ1v) is 9.47. The van der Waals surface area contributed by atoms with Crippen LogP contribution in [0, 0.1) is 19.8 Å². The molecule has 0 saturated carbocycles. The number of aryl methyl sites for hydroxylation is 2. The van der Waals surface area contributed by atoms with Crippen LogP contribution in [-0.4, -0.2) is 48.6 Å². The van der Waals surface area contributed by atoms with E-state index in [4.69, 9.17) is 4.99 Å². The van der Waals surface area contributed by atoms with Crippen molar-refractivity contribution < 1.29 is 9.90 Å². The average Bonchev–Trinajstić information content (AvgIpc) is 2.63. The fraction of sp³-hybridized carbons (Fsp3) is 0.600. The fourth-order valence-corrected chi connectivity index (χ4v) is 3.44. The van der Waals surface area contributed by atoms with Gasteiger partial charge in [0.2, 0.25) is 5.91 Å². The summed E-state index contributed by atoms with van der Waals surface area (Å²) < 4.78 is 0. The maximum Gasteiger partial charge on any atom is 0.220 e. The molecule has 1 aliphatic heterocycles. The predicted molar refractivity (Wildman–Crippen MR) is 105 cm³/mol. The number of carbonyl (C=O) groups is 1. The first-order valence-electron chi connectivity index (χ1n) is 9.47. The molecule has 0 radical (unpaired) electrons. The number of piperidine rings is 1. The molecule has 6 nitrogen and oxygen atoms in total. The van der Waals surface area contributed by atoms with Gasteiger partial charge in [-0.05, 0) is 56.2 Å². The molecule has 1 fully saturated rings. The summed E-state index contributed by atoms with van der Waals surface area (Å²) in [6, 6.07) is 3.98. The number of carbonyl (C=O) groups excluding carboxylic acids is 1. The number of aliphatic imine (C=N–C) groups is 1. The van der Waals surface area contributed by atoms with Crippen molar-refractivity contribution in [2.75, 3.05) is 26.7 Å². The zero-order valence-corrected chi connectivity index (χ0v) is 16.4. The highest BCUT2D eigenvalue weighted by Gasteiger charge is 2.23. The largest absolute Gasteiger partial charge is 0.507 e. The average molecular weight is 361 g/mol. The minimum Gasteiger partial charge on any atom is -0.507 e. The number of nitrogens with one attached hydrogen (secondary N) is 2. The van der Waals surface area contributed by atoms with Crippen LogP contribution in [0.5, 0.6) is 5.75 Å². The van der Waals surface area contributed by atoms with E-state index < -0.39 is 0 Å². The van der Waals surface area contributed by atoms with Crippen molar-refractivity contribution in [2.24, 2.45) is 10.9 Å². The quantitative estimate of drug-likeness (QED) is 0.556. The Kier molecular flexibility index (Phi) is 7.30. The van der Waals surface area contributed by atoms with Gasteiger partial charge >= 0.3 is 0 Å². The zero-order valence-electron chi connectivity index (χ0n) is 16.4. The molecular weight excluding hydrogens is 328 g/mol. The zero-order chi connectivity index (χ0) is 19.1. The normalized spacial score (nSPS) is 15.8. The number of phenols is 1. The van der Waals surface area contributed by atoms with Crippen molar-refractivity contribution in [3.8, 4) is 5.75 Å². The Labute approximate surface area is 156 Å². The van der Waals surface area contributed by atoms with Crippen LogP contribution in [0.1, 0.15) is 42.9 Å². The van der Waals surface area contributed by atoms with Crippen LogP contribution < -0.4 is 10.6 Å². The third kappa shape index (κ3) is 5.38. The summed E-state index contributed by atoms with van der Waals surface area (Å²) >= 11 is 0. The smallest absolute Gasteiger partial charge is 0.220 e. The Morgan fingerprint density at radius 3 is 2.42 bits per heavy atom. The van der Waals surface area contributed by atoms with Crippen molar-refractivity contribution in [2.45, 2.75) is 46.6 Å². The fourth-order valence-electron chi connectivity index (χ4n) is 3.44. The number of nitrogens with zero attached hydrogens (tertiary/aromatic N) is 2. The van der Waals surface area contributed by atoms with E-state index in [1.165, 1.54) is 0 Å². The summed E-state index contributed by atoms with van der Waals surface area (Å²) in [5, 5.41) is 16.0. The molecular formula is C20H32N4O2. The first-order chi connectivity index (χ1) is 12.4. The predicted octanol–water partition coefficient (Wildman–Crippen LogP) is 2.32. The van der Waals surface area contributed by atoms with Gasteiger partial charge in [-0.3, -0.25) is 4.79 Å². The van der Waals surface area contributed by atoms with Gasteiger partial charge in [0.05, 0.1) is 6.54 Å². The number of hydrogen-bond acceptors (Lipinski definition) is 3. The lowest BCUT2D eigenvalue weighted by molar-refractivity contribution is -0.121. The van der Waals surface area contributed by atoms with E-state index in [1.807, 2.05) is 26.0 Å². The van der Waals surface area contributed by atoms with Gasteiger partial charge in [-0.25, -0.2) is 4.99 Å². The lowest BCUT2D eigenvalue weighted by atomic mass is 9.93. The monoisotopic (exact) mass is 360 g/mol. The molecule has 144 valence electrons. The van der Waals surface area contributed by atoms with Gasteiger partial charge in [-0.15, -0.1) is 0 Å². The summed E-state index contributed by atoms with van der Waals surface area (Å²) in [5.74, 6) is 1.87. The van der Waals surface area contributed by atoms with Gasteiger partial charge in [-0.2, -0.15) is 0 Å². The summed E-state index contributed by atoms with van der Waals surface area (Å²) in [4.78, 5) is 18.6. The summed E-state index contributed by atoms with van der Waals surface area (Å²) in [7, 11) is 1.69. The Morgan fingerprint density at radius 2 is 1.88 bits per heavy atom. The number of likely N-dealkylation sites (tertiary alicyclic amines) is 1. The van der Waals surface area contributed by atoms with Crippen LogP contribution in [0.2, 0.25) is 0 Å². The molecule has 0 aliphatic carbocycles. The highest BCUT2D eigenvalue weighted by molar-refractivity contribution is 5.80. The second-order valence-electron chi connectivity index (χ2n) is 7.06. The minimum absolute atomic E-state index is 0.127. The molecule has 1 saturated heterocycles. The van der Waals surface area contributed by atoms with Crippen molar-refractivity contribution in [3.63, 3.8) is 0 Å². The van der Waals surface area contributed by atoms with Gasteiger partial charge in [0.25, 0.3) is 0 Å². The molecule has 1 heterocycles. The number of hydrogen-bond donors (Lipinski definition) is 3. The third-order valence-corrected chi connectivity index (χ3v) is 4.96. The van der Waals surface area contributed by atoms with Gasteiger partial charge < -0.3 is 20.6 Å². The Hall–Kier alpha value is -2.24. The SMILES string of the molecule is CCNC(=NCc1cc(C)c(O)c(C)c1)N1CCC(CC(=O)NC)CC1. The molecule has 0 aromatic heterocycles. The van der Waals surface area contributed by atoms with E-state index in [-0.39, 0.29) is 5.91 Å². The third-order valence-electron chi connectivity index (χ3n) is 4.96. The second-order valence-corrected chi connectivity index (χ2v) is 7.06. The maximum atomic E-state index is 11.6. The summed E-state index contributed by atoms with van der Waals surface area (Å²) in [6.45, 7) is 9.15. The number of rotatable bonds is 5. The Bertz CT molecular complexity index is 626. The molecule has 1 aromatic carbocycles. The second kappa shape index (κ2) is 9.46. The van der Waals surface area contributed by atoms with Crippen molar-refractivity contribution >= 4 is 11.9 Å². The van der Waals surface area contributed by atoms with E-state index >= 15 is 0 Å². The highest BCUT2D eigenvalue weighted by atomic mass is 16.3. The molecule has 1 amide bonds. The number of amides is 1. The number of aromatic hydroxyl groups is 1. The number of benzene rings is 1. The highest BCUT2D eigenvalue weighted by Crippen LogP contribution is 2.24. The van der Waals surface area contributed by atoms with Crippen LogP contribution in [0.15, 0.2) is 17.1 Å². The minimum atomic E-state index is 0.127. The lowest BCUT2D eigenvalue weighted by Crippen LogP contribution is -2.46. The van der Waals surface area contributed by atoms with Crippen LogP contribution in [-0.2, 0) is 11.3 Å². The Morgan fingerprint density at radius 1 is 1.27 bits per heavy atom. The van der Waals surface area contributed by atoms with Gasteiger partial charge in [0, 0.05) is 33.1 Å². The first kappa shape index (κ1) is 20.1. The van der Waals surface area contributed by atoms with Crippen LogP contribution in [0.25, 0.3) is 0 Å². The molecule has 2 rings (SSSR count). The van der Waals surface area contributed by atoms with Gasteiger partial charge in [0.15, 0.2) is 5.96 Å². The van der Waals surface area contributed by atoms with Gasteiger partial charge in [-0.1, -0.05) is 12.1 Å². The maximum absolute atomic E-state index is 11.6. The topological polar surface area (TPSA) is 77.0 Å². The molecule has 0 atom stereocenters. The molecule has 3 N–H and O–H groups in total. The standard InChI is InChI=1S/C20H32N4O2/c1-5-22-20(23-13-17-10-14(2)19(26)15(3)11-17)24-8-6-16(7-9-24)12-18(25)21-4/h10-11,16,26H,5-9,12-13H2,1-4H3,(H,21,25)(H,22,23). The van der Waals surface area contributed by atoms with E-state index in [0.29, 0.717) is 24.6 Å². The molecule has 6 heteroatoms. The Balaban J connectivity index is 2.00. The number of guanidine groups is 1. The van der Waals surface area contributed by atoms with E-state index in [1.54, 1.807) is 7.05 Å². The molecule has 26 heavy (non-hydrogen) atoms.